The summed E-state index contributed by atoms with van der Waals surface area (Å²) < 4.78 is 14.8. The molecule has 2 aromatic heterocycles. The van der Waals surface area contributed by atoms with Gasteiger partial charge >= 0.3 is 5.97 Å². The first-order valence-electron chi connectivity index (χ1n) is 6.81. The van der Waals surface area contributed by atoms with E-state index in [1.165, 1.54) is 25.1 Å². The van der Waals surface area contributed by atoms with Gasteiger partial charge in [0, 0.05) is 17.0 Å². The summed E-state index contributed by atoms with van der Waals surface area (Å²) in [5.74, 6) is -2.48. The van der Waals surface area contributed by atoms with E-state index in [9.17, 15) is 24.2 Å². The number of hydrogen-bond donors (Lipinski definition) is 3. The Morgan fingerprint density at radius 3 is 2.75 bits per heavy atom. The van der Waals surface area contributed by atoms with Crippen LogP contribution in [0.3, 0.4) is 0 Å². The Morgan fingerprint density at radius 1 is 1.42 bits per heavy atom. The Bertz CT molecular complexity index is 1020. The smallest absolute Gasteiger partial charge is 0.341 e. The first kappa shape index (κ1) is 16.0. The van der Waals surface area contributed by atoms with Gasteiger partial charge in [-0.15, -0.1) is 0 Å². The van der Waals surface area contributed by atoms with E-state index in [1.54, 1.807) is 0 Å². The van der Waals surface area contributed by atoms with Crippen LogP contribution in [0.2, 0.25) is 5.02 Å². The number of aryl methyl sites for hydroxylation is 1. The third-order valence-corrected chi connectivity index (χ3v) is 4.02. The van der Waals surface area contributed by atoms with Crippen molar-refractivity contribution in [3.05, 3.63) is 61.8 Å². The first-order valence-corrected chi connectivity index (χ1v) is 7.18. The van der Waals surface area contributed by atoms with Crippen LogP contribution >= 0.6 is 11.6 Å². The average molecular weight is 352 g/mol. The van der Waals surface area contributed by atoms with Crippen molar-refractivity contribution in [3.8, 4) is 5.88 Å². The molecule has 0 atom stereocenters. The molecule has 1 aromatic carbocycles. The molecule has 0 amide bonds. The number of aromatic carboxylic acids is 1. The van der Waals surface area contributed by atoms with Gasteiger partial charge in [-0.05, 0) is 19.1 Å². The molecule has 0 saturated heterocycles. The lowest BCUT2D eigenvalue weighted by Crippen LogP contribution is -2.17. The lowest BCUT2D eigenvalue weighted by Gasteiger charge is -2.08. The number of nitrogens with one attached hydrogen (secondary N) is 1. The summed E-state index contributed by atoms with van der Waals surface area (Å²) in [6.45, 7) is 1.43. The van der Waals surface area contributed by atoms with Crippen LogP contribution in [0, 0.1) is 12.7 Å². The number of hydrogen-bond acceptors (Lipinski definition) is 4. The topological polar surface area (TPSA) is 108 Å². The Hall–Kier alpha value is -2.87. The molecule has 3 rings (SSSR count). The SMILES string of the molecule is Cc1nn2c(O)c(Cc3c(F)cccc3Cl)c(=O)[nH]c2c1C(=O)O. The second kappa shape index (κ2) is 5.64. The van der Waals surface area contributed by atoms with Crippen molar-refractivity contribution >= 4 is 23.2 Å². The minimum absolute atomic E-state index is 0.0432. The second-order valence-corrected chi connectivity index (χ2v) is 5.57. The highest BCUT2D eigenvalue weighted by Crippen LogP contribution is 2.26. The standard InChI is InChI=1S/C15H11ClFN3O4/c1-6-11(15(23)24)12-18-13(21)8(14(22)20(12)19-6)5-7-9(16)3-2-4-10(7)17/h2-4,22H,5H2,1H3,(H,18,21)(H,23,24). The van der Waals surface area contributed by atoms with Gasteiger partial charge in [0.1, 0.15) is 11.4 Å². The molecule has 2 heterocycles. The summed E-state index contributed by atoms with van der Waals surface area (Å²) in [5, 5.41) is 23.5. The predicted octanol–water partition coefficient (Wildman–Crippen LogP) is 2.12. The van der Waals surface area contributed by atoms with Gasteiger partial charge in [0.25, 0.3) is 5.56 Å². The van der Waals surface area contributed by atoms with Gasteiger partial charge in [-0.25, -0.2) is 9.18 Å². The average Bonchev–Trinajstić information content (AvgIpc) is 2.82. The number of H-pyrrole nitrogens is 1. The predicted molar refractivity (Wildman–Crippen MR) is 83.4 cm³/mol. The van der Waals surface area contributed by atoms with Gasteiger partial charge in [0.05, 0.1) is 11.3 Å². The Labute approximate surface area is 138 Å². The molecular weight excluding hydrogens is 341 g/mol. The zero-order valence-electron chi connectivity index (χ0n) is 12.3. The molecule has 0 aliphatic heterocycles. The van der Waals surface area contributed by atoms with Gasteiger partial charge in [0.2, 0.25) is 5.88 Å². The number of aromatic nitrogens is 3. The minimum Gasteiger partial charge on any atom is -0.493 e. The van der Waals surface area contributed by atoms with Crippen LogP contribution in [0.15, 0.2) is 23.0 Å². The van der Waals surface area contributed by atoms with E-state index in [4.69, 9.17) is 11.6 Å². The fourth-order valence-corrected chi connectivity index (χ4v) is 2.73. The first-order chi connectivity index (χ1) is 11.3. The van der Waals surface area contributed by atoms with Crippen LogP contribution in [0.25, 0.3) is 5.65 Å². The Kier molecular flexibility index (Phi) is 3.76. The van der Waals surface area contributed by atoms with Crippen LogP contribution in [0.4, 0.5) is 4.39 Å². The maximum absolute atomic E-state index is 13.9. The number of rotatable bonds is 3. The monoisotopic (exact) mass is 351 g/mol. The van der Waals surface area contributed by atoms with E-state index < -0.39 is 23.2 Å². The van der Waals surface area contributed by atoms with Crippen LogP contribution in [0.1, 0.15) is 27.2 Å². The van der Waals surface area contributed by atoms with Crippen molar-refractivity contribution in [2.45, 2.75) is 13.3 Å². The van der Waals surface area contributed by atoms with Crippen molar-refractivity contribution < 1.29 is 19.4 Å². The molecule has 7 nitrogen and oxygen atoms in total. The third kappa shape index (κ3) is 2.41. The number of nitrogens with zero attached hydrogens (tertiary/aromatic N) is 2. The highest BCUT2D eigenvalue weighted by molar-refractivity contribution is 6.31. The molecular formula is C15H11ClFN3O4. The van der Waals surface area contributed by atoms with Crippen LogP contribution in [-0.2, 0) is 6.42 Å². The van der Waals surface area contributed by atoms with Gasteiger partial charge < -0.3 is 15.2 Å². The number of carboxylic acid groups (broad SMARTS) is 1. The molecule has 0 saturated carbocycles. The lowest BCUT2D eigenvalue weighted by atomic mass is 10.1. The van der Waals surface area contributed by atoms with Crippen molar-refractivity contribution in [1.82, 2.24) is 14.6 Å². The molecule has 9 heteroatoms. The second-order valence-electron chi connectivity index (χ2n) is 5.16. The number of halogens is 2. The number of fused-ring (bicyclic) bond motifs is 1. The largest absolute Gasteiger partial charge is 0.493 e. The molecule has 0 bridgehead atoms. The van der Waals surface area contributed by atoms with Crippen molar-refractivity contribution in [2.75, 3.05) is 0 Å². The molecule has 0 radical (unpaired) electrons. The van der Waals surface area contributed by atoms with Crippen molar-refractivity contribution in [2.24, 2.45) is 0 Å². The van der Waals surface area contributed by atoms with E-state index >= 15 is 0 Å². The van der Waals surface area contributed by atoms with Crippen LogP contribution in [-0.4, -0.2) is 30.8 Å². The van der Waals surface area contributed by atoms with E-state index in [1.807, 2.05) is 0 Å². The van der Waals surface area contributed by atoms with Crippen LogP contribution < -0.4 is 5.56 Å². The molecule has 0 spiro atoms. The summed E-state index contributed by atoms with van der Waals surface area (Å²) in [7, 11) is 0. The van der Waals surface area contributed by atoms with Gasteiger partial charge in [-0.1, -0.05) is 17.7 Å². The summed E-state index contributed by atoms with van der Waals surface area (Å²) in [6.07, 6.45) is -0.274. The van der Waals surface area contributed by atoms with Crippen molar-refractivity contribution in [3.63, 3.8) is 0 Å². The molecule has 3 aromatic rings. The zero-order valence-corrected chi connectivity index (χ0v) is 13.1. The summed E-state index contributed by atoms with van der Waals surface area (Å²) in [6, 6.07) is 4.07. The Morgan fingerprint density at radius 2 is 2.12 bits per heavy atom. The van der Waals surface area contributed by atoms with Crippen molar-refractivity contribution in [1.29, 1.82) is 0 Å². The van der Waals surface area contributed by atoms with E-state index in [0.29, 0.717) is 0 Å². The molecule has 3 N–H and O–H groups in total. The Balaban J connectivity index is 2.24. The number of carbonyl (C=O) groups is 1. The van der Waals surface area contributed by atoms with E-state index in [2.05, 4.69) is 10.1 Å². The zero-order chi connectivity index (χ0) is 17.6. The molecule has 0 unspecified atom stereocenters. The fourth-order valence-electron chi connectivity index (χ4n) is 2.50. The van der Waals surface area contributed by atoms with Crippen LogP contribution in [0.5, 0.6) is 5.88 Å². The summed E-state index contributed by atoms with van der Waals surface area (Å²) in [5.41, 5.74) is -1.13. The fraction of sp³-hybridized carbons (Fsp3) is 0.133. The minimum atomic E-state index is -1.29. The highest BCUT2D eigenvalue weighted by Gasteiger charge is 2.23. The highest BCUT2D eigenvalue weighted by atomic mass is 35.5. The van der Waals surface area contributed by atoms with E-state index in [0.717, 1.165) is 4.52 Å². The van der Waals surface area contributed by atoms with Gasteiger partial charge in [-0.2, -0.15) is 9.61 Å². The molecule has 0 aliphatic carbocycles. The maximum atomic E-state index is 13.9. The van der Waals surface area contributed by atoms with E-state index in [-0.39, 0.29) is 39.5 Å². The number of carboxylic acids is 1. The van der Waals surface area contributed by atoms with Gasteiger partial charge in [-0.3, -0.25) is 4.79 Å². The lowest BCUT2D eigenvalue weighted by molar-refractivity contribution is 0.0698. The molecule has 0 aliphatic rings. The number of aromatic hydroxyl groups is 1. The molecule has 124 valence electrons. The normalized spacial score (nSPS) is 11.1. The maximum Gasteiger partial charge on any atom is 0.341 e. The number of aromatic amines is 1. The summed E-state index contributed by atoms with van der Waals surface area (Å²) in [4.78, 5) is 25.9. The van der Waals surface area contributed by atoms with Gasteiger partial charge in [0.15, 0.2) is 5.65 Å². The molecule has 24 heavy (non-hydrogen) atoms. The third-order valence-electron chi connectivity index (χ3n) is 3.67. The quantitative estimate of drug-likeness (QED) is 0.670. The molecule has 0 fully saturated rings. The number of benzene rings is 1. The summed E-state index contributed by atoms with van der Waals surface area (Å²) >= 11 is 5.94.